The molecular formula is C32H30ClN3O5S. The zero-order chi connectivity index (χ0) is 29.8. The van der Waals surface area contributed by atoms with E-state index in [2.05, 4.69) is 10.3 Å². The van der Waals surface area contributed by atoms with Crippen LogP contribution < -0.4 is 10.1 Å². The van der Waals surface area contributed by atoms with Crippen molar-refractivity contribution in [3.8, 4) is 16.2 Å². The molecule has 2 N–H and O–H groups in total. The van der Waals surface area contributed by atoms with Crippen LogP contribution in [0.1, 0.15) is 68.8 Å². The fourth-order valence-electron chi connectivity index (χ4n) is 4.70. The first kappa shape index (κ1) is 29.3. The van der Waals surface area contributed by atoms with Crippen LogP contribution in [0.3, 0.4) is 0 Å². The van der Waals surface area contributed by atoms with E-state index in [0.717, 1.165) is 15.4 Å². The number of carbonyl (C=O) groups is 3. The summed E-state index contributed by atoms with van der Waals surface area (Å²) in [6.45, 7) is 5.03. The number of carbonyl (C=O) groups excluding carboxylic acids is 2. The predicted octanol–water partition coefficient (Wildman–Crippen LogP) is 7.22. The number of nitrogens with one attached hydrogen (secondary N) is 1. The fourth-order valence-corrected chi connectivity index (χ4v) is 5.96. The number of carboxylic acid groups (broad SMARTS) is 1. The molecule has 0 aliphatic carbocycles. The Labute approximate surface area is 252 Å². The predicted molar refractivity (Wildman–Crippen MR) is 164 cm³/mol. The van der Waals surface area contributed by atoms with Crippen LogP contribution in [0, 0.1) is 0 Å². The topological polar surface area (TPSA) is 109 Å². The van der Waals surface area contributed by atoms with E-state index in [1.54, 1.807) is 35.2 Å². The van der Waals surface area contributed by atoms with Gasteiger partial charge < -0.3 is 20.1 Å². The van der Waals surface area contributed by atoms with E-state index in [9.17, 15) is 14.4 Å². The number of ether oxygens (including phenoxy) is 1. The normalized spacial score (nSPS) is 13.7. The Morgan fingerprint density at radius 3 is 2.36 bits per heavy atom. The summed E-state index contributed by atoms with van der Waals surface area (Å²) < 4.78 is 6.00. The molecule has 4 aromatic rings. The van der Waals surface area contributed by atoms with E-state index in [-0.39, 0.29) is 29.4 Å². The lowest BCUT2D eigenvalue weighted by atomic mass is 10.1. The Morgan fingerprint density at radius 2 is 1.71 bits per heavy atom. The molecule has 0 unspecified atom stereocenters. The van der Waals surface area contributed by atoms with E-state index < -0.39 is 5.97 Å². The van der Waals surface area contributed by atoms with Gasteiger partial charge in [0.15, 0.2) is 0 Å². The summed E-state index contributed by atoms with van der Waals surface area (Å²) in [6.07, 6.45) is 1.13. The van der Waals surface area contributed by atoms with Crippen molar-refractivity contribution in [2.75, 3.05) is 18.4 Å². The first-order valence-corrected chi connectivity index (χ1v) is 14.9. The number of halogens is 1. The van der Waals surface area contributed by atoms with Gasteiger partial charge in [0.05, 0.1) is 26.0 Å². The Hall–Kier alpha value is -4.21. The lowest BCUT2D eigenvalue weighted by Gasteiger charge is -2.32. The minimum Gasteiger partial charge on any atom is -0.490 e. The van der Waals surface area contributed by atoms with Gasteiger partial charge in [-0.15, -0.1) is 11.3 Å². The van der Waals surface area contributed by atoms with E-state index >= 15 is 0 Å². The van der Waals surface area contributed by atoms with Crippen LogP contribution in [0.5, 0.6) is 5.75 Å². The average Bonchev–Trinajstić information content (AvgIpc) is 3.45. The molecule has 5 rings (SSSR count). The molecule has 1 aliphatic rings. The van der Waals surface area contributed by atoms with Crippen LogP contribution in [0.4, 0.5) is 5.69 Å². The van der Waals surface area contributed by atoms with E-state index in [1.165, 1.54) is 23.5 Å². The molecule has 0 atom stereocenters. The molecule has 2 amide bonds. The van der Waals surface area contributed by atoms with Crippen molar-refractivity contribution in [3.05, 3.63) is 99.6 Å². The van der Waals surface area contributed by atoms with Gasteiger partial charge in [-0.05, 0) is 48.0 Å². The molecule has 3 aromatic carbocycles. The molecule has 2 heterocycles. The highest BCUT2D eigenvalue weighted by Crippen LogP contribution is 2.34. The van der Waals surface area contributed by atoms with Gasteiger partial charge in [-0.25, -0.2) is 9.78 Å². The molecule has 1 fully saturated rings. The lowest BCUT2D eigenvalue weighted by Crippen LogP contribution is -2.41. The zero-order valence-corrected chi connectivity index (χ0v) is 24.7. The van der Waals surface area contributed by atoms with Crippen molar-refractivity contribution in [3.63, 3.8) is 0 Å². The minimum absolute atomic E-state index is 0.0986. The number of hydrogen-bond donors (Lipinski definition) is 2. The number of nitrogens with zero attached hydrogens (tertiary/aromatic N) is 2. The van der Waals surface area contributed by atoms with E-state index in [0.29, 0.717) is 53.6 Å². The first-order chi connectivity index (χ1) is 20.2. The molecule has 216 valence electrons. The highest BCUT2D eigenvalue weighted by Gasteiger charge is 2.27. The van der Waals surface area contributed by atoms with Crippen molar-refractivity contribution in [2.24, 2.45) is 0 Å². The number of rotatable bonds is 8. The summed E-state index contributed by atoms with van der Waals surface area (Å²) in [5.41, 5.74) is 2.22. The van der Waals surface area contributed by atoms with Crippen LogP contribution in [0.25, 0.3) is 10.4 Å². The smallest absolute Gasteiger partial charge is 0.335 e. The molecule has 0 radical (unpaired) electrons. The third kappa shape index (κ3) is 6.64. The van der Waals surface area contributed by atoms with Crippen molar-refractivity contribution < 1.29 is 24.2 Å². The maximum atomic E-state index is 13.4. The molecule has 8 nitrogen and oxygen atoms in total. The first-order valence-electron chi connectivity index (χ1n) is 13.7. The van der Waals surface area contributed by atoms with Gasteiger partial charge in [-0.3, -0.25) is 9.59 Å². The number of piperidine rings is 1. The summed E-state index contributed by atoms with van der Waals surface area (Å²) in [5.74, 6) is -0.803. The molecule has 42 heavy (non-hydrogen) atoms. The molecule has 10 heteroatoms. The number of carboxylic acids is 1. The minimum atomic E-state index is -0.990. The molecule has 1 saturated heterocycles. The summed E-state index contributed by atoms with van der Waals surface area (Å²) in [7, 11) is 0. The van der Waals surface area contributed by atoms with Crippen molar-refractivity contribution in [2.45, 2.75) is 38.7 Å². The molecule has 0 bridgehead atoms. The van der Waals surface area contributed by atoms with Crippen LogP contribution in [0.2, 0.25) is 5.02 Å². The quantitative estimate of drug-likeness (QED) is 0.220. The lowest BCUT2D eigenvalue weighted by molar-refractivity contribution is 0.0595. The molecule has 1 aliphatic heterocycles. The van der Waals surface area contributed by atoms with Crippen molar-refractivity contribution >= 4 is 46.4 Å². The zero-order valence-electron chi connectivity index (χ0n) is 23.2. The fraction of sp³-hybridized carbons (Fsp3) is 0.250. The number of thiazole rings is 1. The second kappa shape index (κ2) is 12.8. The monoisotopic (exact) mass is 603 g/mol. The number of aromatic nitrogens is 1. The van der Waals surface area contributed by atoms with Gasteiger partial charge in [-0.2, -0.15) is 0 Å². The summed E-state index contributed by atoms with van der Waals surface area (Å²) in [5, 5.41) is 13.1. The number of anilines is 1. The summed E-state index contributed by atoms with van der Waals surface area (Å²) in [4.78, 5) is 45.1. The van der Waals surface area contributed by atoms with Gasteiger partial charge in [0.1, 0.15) is 17.5 Å². The Morgan fingerprint density at radius 1 is 1.02 bits per heavy atom. The van der Waals surface area contributed by atoms with Gasteiger partial charge in [0.2, 0.25) is 0 Å². The van der Waals surface area contributed by atoms with Gasteiger partial charge in [0, 0.05) is 37.5 Å². The van der Waals surface area contributed by atoms with Crippen LogP contribution in [-0.4, -0.2) is 52.0 Å². The Balaban J connectivity index is 1.26. The molecule has 0 saturated carbocycles. The van der Waals surface area contributed by atoms with Gasteiger partial charge in [0.25, 0.3) is 11.8 Å². The van der Waals surface area contributed by atoms with Crippen LogP contribution >= 0.6 is 22.9 Å². The van der Waals surface area contributed by atoms with Gasteiger partial charge >= 0.3 is 5.97 Å². The van der Waals surface area contributed by atoms with Crippen molar-refractivity contribution in [1.82, 2.24) is 9.88 Å². The molecule has 1 aromatic heterocycles. The maximum Gasteiger partial charge on any atom is 0.335 e. The summed E-state index contributed by atoms with van der Waals surface area (Å²) in [6, 6.07) is 20.9. The Bertz CT molecular complexity index is 1600. The second-order valence-electron chi connectivity index (χ2n) is 10.3. The van der Waals surface area contributed by atoms with Crippen LogP contribution in [0.15, 0.2) is 72.8 Å². The SMILES string of the molecule is CC(C)c1nc(C(=O)Nc2ccc(Cl)c(C(=O)N3CCC(Oc4ccc(C(=O)O)cc4)CC3)c2)c(-c2ccccc2)s1. The molecular weight excluding hydrogens is 574 g/mol. The van der Waals surface area contributed by atoms with E-state index in [1.807, 2.05) is 44.2 Å². The highest BCUT2D eigenvalue weighted by molar-refractivity contribution is 7.15. The average molecular weight is 604 g/mol. The third-order valence-corrected chi connectivity index (χ3v) is 8.71. The third-order valence-electron chi connectivity index (χ3n) is 6.98. The number of likely N-dealkylation sites (tertiary alicyclic amines) is 1. The second-order valence-corrected chi connectivity index (χ2v) is 11.8. The largest absolute Gasteiger partial charge is 0.490 e. The van der Waals surface area contributed by atoms with Crippen LogP contribution in [-0.2, 0) is 0 Å². The van der Waals surface area contributed by atoms with Gasteiger partial charge in [-0.1, -0.05) is 55.8 Å². The summed E-state index contributed by atoms with van der Waals surface area (Å²) >= 11 is 7.94. The number of benzene rings is 3. The molecule has 0 spiro atoms. The maximum absolute atomic E-state index is 13.4. The number of amides is 2. The highest BCUT2D eigenvalue weighted by atomic mass is 35.5. The van der Waals surface area contributed by atoms with E-state index in [4.69, 9.17) is 21.4 Å². The van der Waals surface area contributed by atoms with Crippen molar-refractivity contribution in [1.29, 1.82) is 0 Å². The number of aromatic carboxylic acids is 1. The standard InChI is InChI=1S/C32H30ClN3O5S/c1-19(2)30-35-27(28(42-30)20-6-4-3-5-7-20)29(37)34-22-10-13-26(33)25(18-22)31(38)36-16-14-24(15-17-36)41-23-11-8-21(9-12-23)32(39)40/h3-13,18-19,24H,14-17H2,1-2H3,(H,34,37)(H,39,40). The number of hydrogen-bond acceptors (Lipinski definition) is 6. The Kier molecular flexibility index (Phi) is 8.89.